The van der Waals surface area contributed by atoms with Crippen LogP contribution in [0.1, 0.15) is 33.9 Å². The van der Waals surface area contributed by atoms with Crippen LogP contribution in [0.5, 0.6) is 0 Å². The first-order chi connectivity index (χ1) is 13.8. The molecule has 0 aromatic carbocycles. The predicted molar refractivity (Wildman–Crippen MR) is 108 cm³/mol. The van der Waals surface area contributed by atoms with Crippen LogP contribution in [0, 0.1) is 13.8 Å². The Labute approximate surface area is 172 Å². The van der Waals surface area contributed by atoms with Crippen LogP contribution in [0.25, 0.3) is 0 Å². The van der Waals surface area contributed by atoms with Crippen LogP contribution in [0.15, 0.2) is 18.6 Å². The van der Waals surface area contributed by atoms with Crippen molar-refractivity contribution in [2.45, 2.75) is 33.4 Å². The standard InChI is InChI=1S/C18H23ClN8O2/c1-11-16(19)12(2)27(24-11)6-5-15(28)23-14-9-22-26(4)17(14)18(29)20-7-13-8-21-25(3)10-13/h8-10H,5-7H2,1-4H3,(H,20,29)(H,23,28). The van der Waals surface area contributed by atoms with E-state index in [1.165, 1.54) is 10.9 Å². The van der Waals surface area contributed by atoms with Gasteiger partial charge in [-0.3, -0.25) is 23.6 Å². The normalized spacial score (nSPS) is 10.9. The number of aromatic nitrogens is 6. The molecule has 29 heavy (non-hydrogen) atoms. The van der Waals surface area contributed by atoms with E-state index < -0.39 is 0 Å². The van der Waals surface area contributed by atoms with Crippen molar-refractivity contribution in [1.82, 2.24) is 34.7 Å². The summed E-state index contributed by atoms with van der Waals surface area (Å²) in [5, 5.41) is 18.6. The van der Waals surface area contributed by atoms with Crippen LogP contribution in [0.2, 0.25) is 5.02 Å². The molecule has 3 heterocycles. The van der Waals surface area contributed by atoms with Crippen LogP contribution < -0.4 is 10.6 Å². The quantitative estimate of drug-likeness (QED) is 0.605. The third kappa shape index (κ3) is 4.65. The van der Waals surface area contributed by atoms with Gasteiger partial charge in [-0.05, 0) is 13.8 Å². The van der Waals surface area contributed by atoms with E-state index in [0.29, 0.717) is 23.8 Å². The Morgan fingerprint density at radius 3 is 2.55 bits per heavy atom. The predicted octanol–water partition coefficient (Wildman–Crippen LogP) is 1.58. The van der Waals surface area contributed by atoms with Crippen LogP contribution >= 0.6 is 11.6 Å². The maximum absolute atomic E-state index is 12.6. The molecule has 0 saturated carbocycles. The number of anilines is 1. The molecule has 0 spiro atoms. The van der Waals surface area contributed by atoms with Gasteiger partial charge >= 0.3 is 0 Å². The molecule has 3 aromatic rings. The Bertz CT molecular complexity index is 1050. The third-order valence-corrected chi connectivity index (χ3v) is 5.03. The van der Waals surface area contributed by atoms with Crippen molar-refractivity contribution in [1.29, 1.82) is 0 Å². The van der Waals surface area contributed by atoms with E-state index in [1.807, 2.05) is 20.0 Å². The highest BCUT2D eigenvalue weighted by atomic mass is 35.5. The zero-order valence-electron chi connectivity index (χ0n) is 16.7. The van der Waals surface area contributed by atoms with Crippen molar-refractivity contribution in [3.05, 3.63) is 46.3 Å². The molecular formula is C18H23ClN8O2. The van der Waals surface area contributed by atoms with Crippen LogP contribution in [-0.4, -0.2) is 41.2 Å². The van der Waals surface area contributed by atoms with Gasteiger partial charge in [-0.25, -0.2) is 0 Å². The summed E-state index contributed by atoms with van der Waals surface area (Å²) in [6, 6.07) is 0. The van der Waals surface area contributed by atoms with Gasteiger partial charge in [0.1, 0.15) is 5.69 Å². The Hall–Kier alpha value is -3.14. The Kier molecular flexibility index (Phi) is 6.02. The number of carbonyl (C=O) groups excluding carboxylic acids is 2. The van der Waals surface area contributed by atoms with E-state index in [9.17, 15) is 9.59 Å². The smallest absolute Gasteiger partial charge is 0.271 e. The lowest BCUT2D eigenvalue weighted by Gasteiger charge is -2.09. The molecule has 3 aromatic heterocycles. The second kappa shape index (κ2) is 8.48. The molecule has 2 amide bonds. The minimum absolute atomic E-state index is 0.184. The summed E-state index contributed by atoms with van der Waals surface area (Å²) < 4.78 is 4.78. The van der Waals surface area contributed by atoms with Crippen LogP contribution in [-0.2, 0) is 32.0 Å². The highest BCUT2D eigenvalue weighted by Crippen LogP contribution is 2.19. The number of halogens is 1. The van der Waals surface area contributed by atoms with Gasteiger partial charge in [-0.1, -0.05) is 11.6 Å². The Morgan fingerprint density at radius 2 is 1.93 bits per heavy atom. The van der Waals surface area contributed by atoms with E-state index >= 15 is 0 Å². The molecule has 10 nitrogen and oxygen atoms in total. The maximum Gasteiger partial charge on any atom is 0.271 e. The van der Waals surface area contributed by atoms with Gasteiger partial charge in [0.15, 0.2) is 0 Å². The fourth-order valence-corrected chi connectivity index (χ4v) is 3.08. The maximum atomic E-state index is 12.6. The molecular weight excluding hydrogens is 396 g/mol. The highest BCUT2D eigenvalue weighted by molar-refractivity contribution is 6.31. The third-order valence-electron chi connectivity index (χ3n) is 4.48. The summed E-state index contributed by atoms with van der Waals surface area (Å²) in [6.07, 6.45) is 5.13. The molecule has 0 bridgehead atoms. The van der Waals surface area contributed by atoms with Crippen LogP contribution in [0.4, 0.5) is 5.69 Å². The molecule has 154 valence electrons. The van der Waals surface area contributed by atoms with E-state index in [0.717, 1.165) is 17.0 Å². The van der Waals surface area contributed by atoms with Crippen molar-refractivity contribution in [2.24, 2.45) is 14.1 Å². The monoisotopic (exact) mass is 418 g/mol. The lowest BCUT2D eigenvalue weighted by molar-refractivity contribution is -0.116. The van der Waals surface area contributed by atoms with Gasteiger partial charge < -0.3 is 10.6 Å². The van der Waals surface area contributed by atoms with Crippen molar-refractivity contribution >= 4 is 29.1 Å². The first-order valence-electron chi connectivity index (χ1n) is 9.03. The van der Waals surface area contributed by atoms with Gasteiger partial charge in [0.2, 0.25) is 5.91 Å². The Balaban J connectivity index is 1.61. The number of aryl methyl sites for hydroxylation is 4. The van der Waals surface area contributed by atoms with Crippen molar-refractivity contribution < 1.29 is 9.59 Å². The van der Waals surface area contributed by atoms with Crippen molar-refractivity contribution in [3.63, 3.8) is 0 Å². The number of nitrogens with one attached hydrogen (secondary N) is 2. The zero-order valence-corrected chi connectivity index (χ0v) is 17.5. The van der Waals surface area contributed by atoms with Gasteiger partial charge in [0.05, 0.1) is 41.0 Å². The molecule has 0 aliphatic carbocycles. The molecule has 3 rings (SSSR count). The molecule has 0 atom stereocenters. The largest absolute Gasteiger partial charge is 0.346 e. The number of rotatable bonds is 7. The summed E-state index contributed by atoms with van der Waals surface area (Å²) in [7, 11) is 3.45. The number of nitrogens with zero attached hydrogens (tertiary/aromatic N) is 6. The van der Waals surface area contributed by atoms with Crippen molar-refractivity contribution in [3.8, 4) is 0 Å². The fraction of sp³-hybridized carbons (Fsp3) is 0.389. The first kappa shape index (κ1) is 20.6. The molecule has 0 unspecified atom stereocenters. The average Bonchev–Trinajstić information content (AvgIpc) is 3.33. The summed E-state index contributed by atoms with van der Waals surface area (Å²) in [6.45, 7) is 4.38. The lowest BCUT2D eigenvalue weighted by Crippen LogP contribution is -2.27. The molecule has 2 N–H and O–H groups in total. The van der Waals surface area contributed by atoms with Crippen molar-refractivity contribution in [2.75, 3.05) is 5.32 Å². The first-order valence-corrected chi connectivity index (χ1v) is 9.41. The van der Waals surface area contributed by atoms with E-state index in [2.05, 4.69) is 25.9 Å². The van der Waals surface area contributed by atoms with Crippen LogP contribution in [0.3, 0.4) is 0 Å². The molecule has 0 aliphatic heterocycles. The molecule has 11 heteroatoms. The SMILES string of the molecule is Cc1nn(CCC(=O)Nc2cnn(C)c2C(=O)NCc2cnn(C)c2)c(C)c1Cl. The summed E-state index contributed by atoms with van der Waals surface area (Å²) >= 11 is 6.13. The number of hydrogen-bond donors (Lipinski definition) is 2. The minimum Gasteiger partial charge on any atom is -0.346 e. The lowest BCUT2D eigenvalue weighted by atomic mass is 10.3. The number of amides is 2. The zero-order chi connectivity index (χ0) is 21.1. The van der Waals surface area contributed by atoms with E-state index in [-0.39, 0.29) is 23.9 Å². The van der Waals surface area contributed by atoms with Gasteiger partial charge in [-0.2, -0.15) is 15.3 Å². The van der Waals surface area contributed by atoms with Gasteiger partial charge in [-0.15, -0.1) is 0 Å². The minimum atomic E-state index is -0.338. The molecule has 0 saturated heterocycles. The highest BCUT2D eigenvalue weighted by Gasteiger charge is 2.19. The second-order valence-electron chi connectivity index (χ2n) is 6.74. The average molecular weight is 419 g/mol. The summed E-state index contributed by atoms with van der Waals surface area (Å²) in [4.78, 5) is 25.0. The van der Waals surface area contributed by atoms with Gasteiger partial charge in [0, 0.05) is 38.8 Å². The summed E-state index contributed by atoms with van der Waals surface area (Å²) in [5.41, 5.74) is 3.04. The van der Waals surface area contributed by atoms with E-state index in [4.69, 9.17) is 11.6 Å². The van der Waals surface area contributed by atoms with Gasteiger partial charge in [0.25, 0.3) is 5.91 Å². The topological polar surface area (TPSA) is 112 Å². The number of carbonyl (C=O) groups is 2. The summed E-state index contributed by atoms with van der Waals surface area (Å²) in [5.74, 6) is -0.586. The molecule has 0 aliphatic rings. The van der Waals surface area contributed by atoms with E-state index in [1.54, 1.807) is 29.7 Å². The fourth-order valence-electron chi connectivity index (χ4n) is 2.94. The Morgan fingerprint density at radius 1 is 1.17 bits per heavy atom. The molecule has 0 radical (unpaired) electrons. The molecule has 0 fully saturated rings. The number of hydrogen-bond acceptors (Lipinski definition) is 5. The second-order valence-corrected chi connectivity index (χ2v) is 7.12.